The maximum absolute atomic E-state index is 13.1. The quantitative estimate of drug-likeness (QED) is 0.251. The van der Waals surface area contributed by atoms with Crippen LogP contribution >= 0.6 is 0 Å². The van der Waals surface area contributed by atoms with E-state index in [1.54, 1.807) is 0 Å². The van der Waals surface area contributed by atoms with E-state index in [-0.39, 0.29) is 36.4 Å². The largest absolute Gasteiger partial charge is 0.493 e. The summed E-state index contributed by atoms with van der Waals surface area (Å²) in [4.78, 5) is 28.1. The highest BCUT2D eigenvalue weighted by Crippen LogP contribution is 2.32. The molecule has 1 amide bonds. The lowest BCUT2D eigenvalue weighted by Crippen LogP contribution is -2.52. The summed E-state index contributed by atoms with van der Waals surface area (Å²) in [7, 11) is 0. The summed E-state index contributed by atoms with van der Waals surface area (Å²) in [6, 6.07) is 17.6. The molecular formula is C35H46N2O7. The molecule has 2 bridgehead atoms. The van der Waals surface area contributed by atoms with Gasteiger partial charge in [0.2, 0.25) is 0 Å². The molecule has 1 N–H and O–H groups in total. The van der Waals surface area contributed by atoms with Gasteiger partial charge >= 0.3 is 12.1 Å². The Bertz CT molecular complexity index is 1200. The van der Waals surface area contributed by atoms with Gasteiger partial charge in [0.25, 0.3) is 0 Å². The zero-order chi connectivity index (χ0) is 30.1. The van der Waals surface area contributed by atoms with Gasteiger partial charge in [-0.1, -0.05) is 42.5 Å². The zero-order valence-corrected chi connectivity index (χ0v) is 25.6. The Morgan fingerprint density at radius 3 is 2.39 bits per heavy atom. The molecule has 0 aromatic heterocycles. The summed E-state index contributed by atoms with van der Waals surface area (Å²) in [5, 5.41) is 3.15. The Hall–Kier alpha value is -3.14. The number of piperidine rings is 3. The molecule has 5 fully saturated rings. The number of nitrogens with zero attached hydrogens (tertiary/aromatic N) is 1. The first-order valence-electron chi connectivity index (χ1n) is 16.5. The minimum atomic E-state index is -0.379. The first-order chi connectivity index (χ1) is 21.6. The predicted molar refractivity (Wildman–Crippen MR) is 164 cm³/mol. The Labute approximate surface area is 260 Å². The number of fused-ring (bicyclic) bond motifs is 3. The lowest BCUT2D eigenvalue weighted by atomic mass is 9.82. The third-order valence-electron chi connectivity index (χ3n) is 9.63. The average molecular weight is 607 g/mol. The van der Waals surface area contributed by atoms with E-state index in [9.17, 15) is 9.59 Å². The van der Waals surface area contributed by atoms with E-state index in [0.717, 1.165) is 87.9 Å². The molecular weight excluding hydrogens is 560 g/mol. The molecule has 9 nitrogen and oxygen atoms in total. The maximum Gasteiger partial charge on any atom is 0.408 e. The second kappa shape index (κ2) is 15.2. The molecule has 5 aliphatic rings. The lowest BCUT2D eigenvalue weighted by molar-refractivity contribution is -0.150. The van der Waals surface area contributed by atoms with Crippen molar-refractivity contribution >= 4 is 12.1 Å². The van der Waals surface area contributed by atoms with E-state index in [1.165, 1.54) is 0 Å². The highest BCUT2D eigenvalue weighted by Gasteiger charge is 2.37. The smallest absolute Gasteiger partial charge is 0.408 e. The molecule has 2 aromatic carbocycles. The second-order valence-electron chi connectivity index (χ2n) is 12.7. The molecule has 44 heavy (non-hydrogen) atoms. The number of carbonyl (C=O) groups is 2. The van der Waals surface area contributed by atoms with Crippen molar-refractivity contribution in [2.45, 2.75) is 69.8 Å². The van der Waals surface area contributed by atoms with E-state index in [4.69, 9.17) is 23.7 Å². The van der Waals surface area contributed by atoms with Crippen molar-refractivity contribution in [1.29, 1.82) is 0 Å². The van der Waals surface area contributed by atoms with E-state index in [0.29, 0.717) is 38.3 Å². The van der Waals surface area contributed by atoms with Crippen molar-refractivity contribution in [2.75, 3.05) is 46.1 Å². The monoisotopic (exact) mass is 606 g/mol. The highest BCUT2D eigenvalue weighted by atomic mass is 16.7. The van der Waals surface area contributed by atoms with Crippen molar-refractivity contribution < 1.29 is 33.3 Å². The van der Waals surface area contributed by atoms with Gasteiger partial charge in [-0.15, -0.1) is 0 Å². The first kappa shape index (κ1) is 30.9. The van der Waals surface area contributed by atoms with Crippen LogP contribution in [0.5, 0.6) is 5.75 Å². The van der Waals surface area contributed by atoms with Crippen molar-refractivity contribution in [3.05, 3.63) is 65.7 Å². The van der Waals surface area contributed by atoms with E-state index in [1.807, 2.05) is 54.6 Å². The van der Waals surface area contributed by atoms with E-state index < -0.39 is 0 Å². The molecule has 1 unspecified atom stereocenters. The Morgan fingerprint density at radius 2 is 1.66 bits per heavy atom. The highest BCUT2D eigenvalue weighted by molar-refractivity contribution is 5.72. The van der Waals surface area contributed by atoms with Crippen molar-refractivity contribution in [2.24, 2.45) is 17.8 Å². The summed E-state index contributed by atoms with van der Waals surface area (Å²) in [5.41, 5.74) is 1.93. The summed E-state index contributed by atoms with van der Waals surface area (Å²) >= 11 is 0. The standard InChI is InChI=1S/C35H46N2O7/c38-34(42-19-5-10-32-40-20-21-41-32)28-13-11-25(12-14-28)24-43-30-9-4-8-29(22-30)33(27-6-2-1-3-7-27)36-35(39)44-31-23-37-17-15-26(31)16-18-37/h1-4,6-9,22,25-26,28,31-33H,5,10-21,23-24H2,(H,36,39)/t25-,28-,31-,33?/m0/s1. The molecule has 2 aromatic rings. The van der Waals surface area contributed by atoms with Gasteiger partial charge in [-0.05, 0) is 93.1 Å². The SMILES string of the molecule is O=C(NC(c1ccccc1)c1cccc(OC[C@H]2CC[C@H](C(=O)OCCCC3OCCO3)CC2)c1)O[C@H]1CN2CCC1CC2. The fourth-order valence-corrected chi connectivity index (χ4v) is 7.02. The van der Waals surface area contributed by atoms with Crippen LogP contribution in [0.15, 0.2) is 54.6 Å². The van der Waals surface area contributed by atoms with Crippen LogP contribution in [0.1, 0.15) is 68.5 Å². The topological polar surface area (TPSA) is 95.6 Å². The fraction of sp³-hybridized carbons (Fsp3) is 0.600. The van der Waals surface area contributed by atoms with Gasteiger partial charge in [-0.2, -0.15) is 0 Å². The summed E-state index contributed by atoms with van der Waals surface area (Å²) < 4.78 is 28.6. The Kier molecular flexibility index (Phi) is 10.7. The maximum atomic E-state index is 13.1. The third-order valence-corrected chi connectivity index (χ3v) is 9.63. The number of ether oxygens (including phenoxy) is 5. The van der Waals surface area contributed by atoms with Crippen LogP contribution in [-0.4, -0.2) is 75.4 Å². The molecule has 0 spiro atoms. The molecule has 2 atom stereocenters. The van der Waals surface area contributed by atoms with Crippen LogP contribution in [0, 0.1) is 17.8 Å². The van der Waals surface area contributed by atoms with Gasteiger partial charge in [0.05, 0.1) is 38.4 Å². The molecule has 4 heterocycles. The van der Waals surface area contributed by atoms with Crippen molar-refractivity contribution in [3.63, 3.8) is 0 Å². The van der Waals surface area contributed by atoms with Gasteiger partial charge in [-0.3, -0.25) is 9.69 Å². The molecule has 1 saturated carbocycles. The van der Waals surface area contributed by atoms with Gasteiger partial charge in [0, 0.05) is 13.0 Å². The van der Waals surface area contributed by atoms with Crippen LogP contribution in [0.4, 0.5) is 4.79 Å². The summed E-state index contributed by atoms with van der Waals surface area (Å²) in [6.07, 6.45) is 6.63. The number of benzene rings is 2. The van der Waals surface area contributed by atoms with Crippen LogP contribution < -0.4 is 10.1 Å². The van der Waals surface area contributed by atoms with E-state index >= 15 is 0 Å². The minimum Gasteiger partial charge on any atom is -0.493 e. The van der Waals surface area contributed by atoms with Gasteiger partial charge in [-0.25, -0.2) is 4.79 Å². The normalized spacial score (nSPS) is 27.4. The average Bonchev–Trinajstić information content (AvgIpc) is 3.60. The summed E-state index contributed by atoms with van der Waals surface area (Å²) in [5.74, 6) is 1.49. The molecule has 4 saturated heterocycles. The number of carbonyl (C=O) groups excluding carboxylic acids is 2. The zero-order valence-electron chi connectivity index (χ0n) is 25.6. The van der Waals surface area contributed by atoms with Gasteiger partial charge in [0.15, 0.2) is 6.29 Å². The van der Waals surface area contributed by atoms with Gasteiger partial charge in [0.1, 0.15) is 11.9 Å². The van der Waals surface area contributed by atoms with Crippen LogP contribution in [0.3, 0.4) is 0 Å². The third kappa shape index (κ3) is 8.31. The number of hydrogen-bond acceptors (Lipinski definition) is 8. The first-order valence-corrected chi connectivity index (χ1v) is 16.5. The Morgan fingerprint density at radius 1 is 0.909 bits per heavy atom. The molecule has 7 rings (SSSR count). The van der Waals surface area contributed by atoms with Crippen LogP contribution in [-0.2, 0) is 23.7 Å². The van der Waals surface area contributed by atoms with Crippen LogP contribution in [0.25, 0.3) is 0 Å². The number of hydrogen-bond donors (Lipinski definition) is 1. The number of esters is 1. The van der Waals surface area contributed by atoms with E-state index in [2.05, 4.69) is 10.2 Å². The number of nitrogens with one attached hydrogen (secondary N) is 1. The number of rotatable bonds is 12. The van der Waals surface area contributed by atoms with Crippen molar-refractivity contribution in [1.82, 2.24) is 10.2 Å². The minimum absolute atomic E-state index is 0.0352. The van der Waals surface area contributed by atoms with Crippen molar-refractivity contribution in [3.8, 4) is 5.75 Å². The fourth-order valence-electron chi connectivity index (χ4n) is 7.02. The van der Waals surface area contributed by atoms with Crippen LogP contribution in [0.2, 0.25) is 0 Å². The predicted octanol–water partition coefficient (Wildman–Crippen LogP) is 5.48. The number of alkyl carbamates (subject to hydrolysis) is 1. The number of amides is 1. The molecule has 9 heteroatoms. The molecule has 238 valence electrons. The summed E-state index contributed by atoms with van der Waals surface area (Å²) in [6.45, 7) is 5.33. The lowest BCUT2D eigenvalue weighted by Gasteiger charge is -2.43. The molecule has 1 aliphatic carbocycles. The van der Waals surface area contributed by atoms with Gasteiger partial charge < -0.3 is 29.0 Å². The Balaban J connectivity index is 0.979. The second-order valence-corrected chi connectivity index (χ2v) is 12.7. The molecule has 0 radical (unpaired) electrons. The molecule has 4 aliphatic heterocycles.